The van der Waals surface area contributed by atoms with Gasteiger partial charge in [0.05, 0.1) is 18.7 Å². The summed E-state index contributed by atoms with van der Waals surface area (Å²) in [4.78, 5) is 26.7. The molecule has 0 saturated carbocycles. The van der Waals surface area contributed by atoms with Crippen LogP contribution in [0.4, 0.5) is 0 Å². The van der Waals surface area contributed by atoms with Gasteiger partial charge >= 0.3 is 5.97 Å². The number of nitriles is 1. The lowest BCUT2D eigenvalue weighted by molar-refractivity contribution is -0.145. The Bertz CT molecular complexity index is 908. The number of aromatic nitrogens is 1. The first kappa shape index (κ1) is 15.8. The molecular formula is C18H16N2O4. The fraction of sp³-hybridized carbons (Fsp3) is 0.278. The molecule has 0 amide bonds. The van der Waals surface area contributed by atoms with Crippen LogP contribution in [0.2, 0.25) is 0 Å². The summed E-state index contributed by atoms with van der Waals surface area (Å²) >= 11 is 0. The van der Waals surface area contributed by atoms with E-state index >= 15 is 0 Å². The van der Waals surface area contributed by atoms with Gasteiger partial charge in [-0.05, 0) is 37.6 Å². The quantitative estimate of drug-likeness (QED) is 0.876. The number of rotatable bonds is 3. The van der Waals surface area contributed by atoms with Gasteiger partial charge in [0.25, 0.3) is 5.56 Å². The Balaban J connectivity index is 2.14. The molecule has 1 unspecified atom stereocenters. The standard InChI is InChI=1S/C18H16N2O4/c1-3-23-16(21)8-15-13-7-11(9-19)18(22)20-17(13)12-5-4-10(2)6-14(12)24-15/h4-7,15H,3,8H2,1-2H3,(H,20,22). The number of nitrogens with zero attached hydrogens (tertiary/aromatic N) is 1. The zero-order valence-corrected chi connectivity index (χ0v) is 13.4. The van der Waals surface area contributed by atoms with Crippen molar-refractivity contribution in [2.24, 2.45) is 0 Å². The van der Waals surface area contributed by atoms with Crippen LogP contribution < -0.4 is 10.3 Å². The molecule has 0 fully saturated rings. The molecule has 1 atom stereocenters. The zero-order valence-electron chi connectivity index (χ0n) is 13.4. The lowest BCUT2D eigenvalue weighted by atomic mass is 9.94. The van der Waals surface area contributed by atoms with Gasteiger partial charge in [0.2, 0.25) is 0 Å². The van der Waals surface area contributed by atoms with Gasteiger partial charge in [0.15, 0.2) is 0 Å². The second kappa shape index (κ2) is 6.20. The zero-order chi connectivity index (χ0) is 17.3. The normalized spacial score (nSPS) is 14.8. The molecule has 1 aromatic heterocycles. The minimum absolute atomic E-state index is 0.00509. The number of hydrogen-bond acceptors (Lipinski definition) is 5. The number of pyridine rings is 1. The Morgan fingerprint density at radius 1 is 1.42 bits per heavy atom. The molecule has 2 heterocycles. The topological polar surface area (TPSA) is 92.2 Å². The number of fused-ring (bicyclic) bond motifs is 3. The molecule has 0 saturated heterocycles. The molecule has 24 heavy (non-hydrogen) atoms. The van der Waals surface area contributed by atoms with E-state index in [2.05, 4.69) is 4.98 Å². The van der Waals surface area contributed by atoms with Crippen LogP contribution in [0.1, 0.15) is 36.1 Å². The van der Waals surface area contributed by atoms with Crippen LogP contribution in [-0.2, 0) is 9.53 Å². The van der Waals surface area contributed by atoms with Gasteiger partial charge in [-0.3, -0.25) is 9.59 Å². The Hall–Kier alpha value is -3.07. The summed E-state index contributed by atoms with van der Waals surface area (Å²) in [6.07, 6.45) is -0.609. The van der Waals surface area contributed by atoms with E-state index in [1.165, 1.54) is 6.07 Å². The number of carbonyl (C=O) groups excluding carboxylic acids is 1. The summed E-state index contributed by atoms with van der Waals surface area (Å²) in [5.74, 6) is 0.200. The molecule has 0 aliphatic carbocycles. The summed E-state index contributed by atoms with van der Waals surface area (Å²) in [6.45, 7) is 3.95. The Labute approximate surface area is 138 Å². The molecule has 6 nitrogen and oxygen atoms in total. The molecule has 2 aromatic rings. The lowest BCUT2D eigenvalue weighted by Crippen LogP contribution is -2.23. The predicted octanol–water partition coefficient (Wildman–Crippen LogP) is 2.61. The smallest absolute Gasteiger partial charge is 0.309 e. The van der Waals surface area contributed by atoms with E-state index in [9.17, 15) is 9.59 Å². The Kier molecular flexibility index (Phi) is 4.09. The van der Waals surface area contributed by atoms with Crippen LogP contribution in [0.3, 0.4) is 0 Å². The van der Waals surface area contributed by atoms with Crippen molar-refractivity contribution in [3.63, 3.8) is 0 Å². The van der Waals surface area contributed by atoms with E-state index in [0.29, 0.717) is 17.0 Å². The highest BCUT2D eigenvalue weighted by atomic mass is 16.5. The average molecular weight is 324 g/mol. The highest BCUT2D eigenvalue weighted by Gasteiger charge is 2.30. The van der Waals surface area contributed by atoms with Crippen molar-refractivity contribution >= 4 is 5.97 Å². The Morgan fingerprint density at radius 3 is 2.92 bits per heavy atom. The van der Waals surface area contributed by atoms with Gasteiger partial charge in [-0.1, -0.05) is 6.07 Å². The number of aromatic amines is 1. The molecule has 122 valence electrons. The second-order valence-electron chi connectivity index (χ2n) is 5.57. The van der Waals surface area contributed by atoms with Gasteiger partial charge in [-0.25, -0.2) is 0 Å². The van der Waals surface area contributed by atoms with Crippen molar-refractivity contribution < 1.29 is 14.3 Å². The van der Waals surface area contributed by atoms with E-state index in [1.807, 2.05) is 31.2 Å². The monoisotopic (exact) mass is 324 g/mol. The van der Waals surface area contributed by atoms with E-state index in [0.717, 1.165) is 11.1 Å². The lowest BCUT2D eigenvalue weighted by Gasteiger charge is -2.28. The first-order valence-electron chi connectivity index (χ1n) is 7.64. The Morgan fingerprint density at radius 2 is 2.21 bits per heavy atom. The van der Waals surface area contributed by atoms with Gasteiger partial charge in [0.1, 0.15) is 23.5 Å². The molecule has 0 radical (unpaired) electrons. The molecule has 1 N–H and O–H groups in total. The number of nitrogens with one attached hydrogen (secondary N) is 1. The fourth-order valence-corrected chi connectivity index (χ4v) is 2.78. The third-order valence-electron chi connectivity index (χ3n) is 3.87. The maximum absolute atomic E-state index is 12.0. The summed E-state index contributed by atoms with van der Waals surface area (Å²) in [5, 5.41) is 9.10. The molecule has 1 aliphatic heterocycles. The van der Waals surface area contributed by atoms with Crippen LogP contribution in [0, 0.1) is 18.3 Å². The van der Waals surface area contributed by atoms with Crippen LogP contribution in [0.25, 0.3) is 11.3 Å². The first-order valence-corrected chi connectivity index (χ1v) is 7.64. The molecular weight excluding hydrogens is 308 g/mol. The average Bonchev–Trinajstić information content (AvgIpc) is 2.54. The minimum atomic E-state index is -0.614. The number of esters is 1. The highest BCUT2D eigenvalue weighted by molar-refractivity contribution is 5.76. The molecule has 6 heteroatoms. The van der Waals surface area contributed by atoms with Crippen molar-refractivity contribution in [2.45, 2.75) is 26.4 Å². The second-order valence-corrected chi connectivity index (χ2v) is 5.57. The van der Waals surface area contributed by atoms with Crippen molar-refractivity contribution in [1.82, 2.24) is 4.98 Å². The van der Waals surface area contributed by atoms with E-state index < -0.39 is 17.6 Å². The number of benzene rings is 1. The molecule has 1 aliphatic rings. The number of H-pyrrole nitrogens is 1. The SMILES string of the molecule is CCOC(=O)CC1Oc2cc(C)ccc2-c2[nH]c(=O)c(C#N)cc21. The fourth-order valence-electron chi connectivity index (χ4n) is 2.78. The van der Waals surface area contributed by atoms with Crippen LogP contribution in [0.5, 0.6) is 5.75 Å². The summed E-state index contributed by atoms with van der Waals surface area (Å²) in [6, 6.07) is 8.97. The number of aryl methyl sites for hydroxylation is 1. The number of ether oxygens (including phenoxy) is 2. The van der Waals surface area contributed by atoms with Crippen molar-refractivity contribution in [2.75, 3.05) is 6.61 Å². The first-order chi connectivity index (χ1) is 11.5. The van der Waals surface area contributed by atoms with Crippen molar-refractivity contribution in [1.29, 1.82) is 5.26 Å². The summed E-state index contributed by atoms with van der Waals surface area (Å²) in [5.41, 5.74) is 2.45. The summed E-state index contributed by atoms with van der Waals surface area (Å²) < 4.78 is 11.0. The van der Waals surface area contributed by atoms with Gasteiger partial charge < -0.3 is 14.5 Å². The van der Waals surface area contributed by atoms with E-state index in [1.54, 1.807) is 6.92 Å². The van der Waals surface area contributed by atoms with E-state index in [4.69, 9.17) is 14.7 Å². The third kappa shape index (κ3) is 2.76. The van der Waals surface area contributed by atoms with E-state index in [-0.39, 0.29) is 18.6 Å². The van der Waals surface area contributed by atoms with Crippen molar-refractivity contribution in [3.05, 3.63) is 51.3 Å². The number of hydrogen-bond donors (Lipinski definition) is 1. The summed E-state index contributed by atoms with van der Waals surface area (Å²) in [7, 11) is 0. The maximum Gasteiger partial charge on any atom is 0.309 e. The van der Waals surface area contributed by atoms with Crippen LogP contribution in [-0.4, -0.2) is 17.6 Å². The largest absolute Gasteiger partial charge is 0.484 e. The molecule has 1 aromatic carbocycles. The third-order valence-corrected chi connectivity index (χ3v) is 3.87. The van der Waals surface area contributed by atoms with Crippen LogP contribution >= 0.6 is 0 Å². The predicted molar refractivity (Wildman–Crippen MR) is 86.6 cm³/mol. The van der Waals surface area contributed by atoms with Crippen molar-refractivity contribution in [3.8, 4) is 23.1 Å². The molecule has 0 spiro atoms. The highest BCUT2D eigenvalue weighted by Crippen LogP contribution is 2.42. The van der Waals surface area contributed by atoms with Crippen LogP contribution in [0.15, 0.2) is 29.1 Å². The van der Waals surface area contributed by atoms with Gasteiger partial charge in [-0.15, -0.1) is 0 Å². The molecule has 0 bridgehead atoms. The van der Waals surface area contributed by atoms with Gasteiger partial charge in [0, 0.05) is 11.1 Å². The van der Waals surface area contributed by atoms with Gasteiger partial charge in [-0.2, -0.15) is 5.26 Å². The number of carbonyl (C=O) groups is 1. The minimum Gasteiger partial charge on any atom is -0.484 e. The maximum atomic E-state index is 12.0. The molecule has 3 rings (SSSR count).